The number of benzene rings is 8. The summed E-state index contributed by atoms with van der Waals surface area (Å²) in [5.41, 5.74) is 17.9. The number of fused-ring (bicyclic) bond motifs is 14. The summed E-state index contributed by atoms with van der Waals surface area (Å²) >= 11 is 0. The van der Waals surface area contributed by atoms with Crippen LogP contribution < -0.4 is 73.2 Å². The number of para-hydroxylation sites is 5. The van der Waals surface area contributed by atoms with Crippen molar-refractivity contribution >= 4 is 103 Å². The van der Waals surface area contributed by atoms with Crippen LogP contribution in [0.5, 0.6) is 34.5 Å². The van der Waals surface area contributed by atoms with Crippen LogP contribution in [0.3, 0.4) is 0 Å². The van der Waals surface area contributed by atoms with Crippen molar-refractivity contribution in [2.24, 2.45) is 0 Å². The van der Waals surface area contributed by atoms with E-state index >= 15 is 0 Å². The van der Waals surface area contributed by atoms with Gasteiger partial charge in [-0.25, -0.2) is 0 Å². The molecule has 0 atom stereocenters. The van der Waals surface area contributed by atoms with Crippen molar-refractivity contribution in [3.05, 3.63) is 164 Å². The van der Waals surface area contributed by atoms with Gasteiger partial charge in [0.1, 0.15) is 34.5 Å². The molecule has 0 spiro atoms. The van der Waals surface area contributed by atoms with Gasteiger partial charge in [-0.1, -0.05) is 103 Å². The summed E-state index contributed by atoms with van der Waals surface area (Å²) in [6.07, 6.45) is 0. The molecule has 0 aromatic heterocycles. The topological polar surface area (TPSA) is 34.2 Å². The predicted molar refractivity (Wildman–Crippen MR) is 229 cm³/mol. The lowest BCUT2D eigenvalue weighted by atomic mass is 9.28. The number of ether oxygens (including phenoxy) is 3. The van der Waals surface area contributed by atoms with Gasteiger partial charge in [0.05, 0.1) is 0 Å². The number of anilines is 6. The Morgan fingerprint density at radius 2 is 0.768 bits per heavy atom. The first-order valence-electron chi connectivity index (χ1n) is 19.4. The summed E-state index contributed by atoms with van der Waals surface area (Å²) in [6.45, 7) is -0.0504. The van der Waals surface area contributed by atoms with Crippen LogP contribution in [0.2, 0.25) is 0 Å². The van der Waals surface area contributed by atoms with Crippen LogP contribution in [-0.2, 0) is 0 Å². The van der Waals surface area contributed by atoms with Crippen LogP contribution in [0.25, 0.3) is 0 Å². The molecule has 8 heteroatoms. The lowest BCUT2D eigenvalue weighted by molar-refractivity contribution is 0.457. The third-order valence-corrected chi connectivity index (χ3v) is 12.8. The lowest BCUT2D eigenvalue weighted by Crippen LogP contribution is -2.67. The second-order valence-corrected chi connectivity index (χ2v) is 15.5. The molecule has 256 valence electrons. The molecule has 0 fully saturated rings. The Bertz CT molecular complexity index is 3080. The fourth-order valence-electron chi connectivity index (χ4n) is 10.7. The minimum absolute atomic E-state index is 0.0220. The molecule has 6 heterocycles. The molecule has 6 aliphatic heterocycles. The summed E-state index contributed by atoms with van der Waals surface area (Å²) in [4.78, 5) is 4.85. The van der Waals surface area contributed by atoms with Gasteiger partial charge in [0.15, 0.2) is 0 Å². The van der Waals surface area contributed by atoms with E-state index in [4.69, 9.17) is 14.2 Å². The molecule has 0 saturated heterocycles. The molecule has 5 nitrogen and oxygen atoms in total. The molecule has 0 bridgehead atoms. The van der Waals surface area contributed by atoms with E-state index in [2.05, 4.69) is 174 Å². The molecule has 0 N–H and O–H groups in total. The SMILES string of the molecule is c1ccc(N2c3ccccc3B3c4cc5c(cc4Oc4cccc2c43)Oc2cc3c4c6c2B5c2ccccc2N6c2ccccc2B4c2ccccc2O3)cc1. The molecule has 8 aromatic rings. The van der Waals surface area contributed by atoms with Crippen molar-refractivity contribution in [2.45, 2.75) is 0 Å². The molecule has 56 heavy (non-hydrogen) atoms. The van der Waals surface area contributed by atoms with Gasteiger partial charge < -0.3 is 24.0 Å². The fourth-order valence-corrected chi connectivity index (χ4v) is 10.7. The number of rotatable bonds is 1. The molecule has 8 aromatic carbocycles. The van der Waals surface area contributed by atoms with Crippen molar-refractivity contribution in [1.82, 2.24) is 0 Å². The van der Waals surface area contributed by atoms with Crippen LogP contribution in [-0.4, -0.2) is 20.1 Å². The highest BCUT2D eigenvalue weighted by atomic mass is 16.5. The zero-order valence-corrected chi connectivity index (χ0v) is 29.9. The second kappa shape index (κ2) is 10.4. The molecule has 6 aliphatic rings. The van der Waals surface area contributed by atoms with Gasteiger partial charge in [-0.15, -0.1) is 0 Å². The Hall–Kier alpha value is -7.05. The van der Waals surface area contributed by atoms with E-state index in [0.717, 1.165) is 56.8 Å². The van der Waals surface area contributed by atoms with Gasteiger partial charge in [0, 0.05) is 46.3 Å². The summed E-state index contributed by atoms with van der Waals surface area (Å²) in [5.74, 6) is 5.09. The first kappa shape index (κ1) is 29.3. The maximum atomic E-state index is 7.10. The van der Waals surface area contributed by atoms with Gasteiger partial charge in [-0.3, -0.25) is 0 Å². The molecular weight excluding hydrogens is 685 g/mol. The molecule has 0 aliphatic carbocycles. The molecule has 0 unspecified atom stereocenters. The van der Waals surface area contributed by atoms with Crippen LogP contribution in [0.1, 0.15) is 0 Å². The zero-order valence-electron chi connectivity index (χ0n) is 29.9. The Balaban J connectivity index is 1.03. The fraction of sp³-hybridized carbons (Fsp3) is 0. The van der Waals surface area contributed by atoms with E-state index in [1.165, 1.54) is 61.0 Å². The highest BCUT2D eigenvalue weighted by Crippen LogP contribution is 2.47. The van der Waals surface area contributed by atoms with Gasteiger partial charge in [-0.05, 0) is 97.7 Å². The van der Waals surface area contributed by atoms with Gasteiger partial charge in [0.25, 0.3) is 20.1 Å². The smallest absolute Gasteiger partial charge is 0.256 e. The number of hydrogen-bond acceptors (Lipinski definition) is 5. The summed E-state index contributed by atoms with van der Waals surface area (Å²) in [5, 5.41) is 0. The first-order chi connectivity index (χ1) is 27.8. The third kappa shape index (κ3) is 3.56. The van der Waals surface area contributed by atoms with Crippen molar-refractivity contribution in [2.75, 3.05) is 9.80 Å². The van der Waals surface area contributed by atoms with Crippen LogP contribution in [0, 0.1) is 0 Å². The Morgan fingerprint density at radius 3 is 1.45 bits per heavy atom. The molecule has 0 amide bonds. The standard InChI is InChI=1S/C48H27B3N2O3/c1-2-13-28(14-3-1)52-35-19-8-4-15-29(35)50-33-25-34-42(26-41(33)55-40-24-12-22-38(52)45(40)50)56-44-27-43-46-48-47(44)51(34)31-17-6-10-21-37(31)53(48)36-20-9-5-16-30(36)49(46)32-18-7-11-23-39(32)54-43/h1-27H. The highest BCUT2D eigenvalue weighted by molar-refractivity contribution is 7.04. The molecule has 0 saturated carbocycles. The monoisotopic (exact) mass is 712 g/mol. The third-order valence-electron chi connectivity index (χ3n) is 12.8. The van der Waals surface area contributed by atoms with Crippen molar-refractivity contribution in [3.63, 3.8) is 0 Å². The second-order valence-electron chi connectivity index (χ2n) is 15.5. The maximum absolute atomic E-state index is 7.10. The largest absolute Gasteiger partial charge is 0.458 e. The molecular formula is C48H27B3N2O3. The average Bonchev–Trinajstić information content (AvgIpc) is 3.25. The van der Waals surface area contributed by atoms with Crippen molar-refractivity contribution < 1.29 is 14.2 Å². The van der Waals surface area contributed by atoms with Crippen molar-refractivity contribution in [3.8, 4) is 34.5 Å². The average molecular weight is 712 g/mol. The van der Waals surface area contributed by atoms with E-state index in [9.17, 15) is 0 Å². The quantitative estimate of drug-likeness (QED) is 0.212. The Kier molecular flexibility index (Phi) is 5.43. The maximum Gasteiger partial charge on any atom is 0.256 e. The van der Waals surface area contributed by atoms with E-state index in [1.807, 2.05) is 0 Å². The molecule has 0 radical (unpaired) electrons. The van der Waals surface area contributed by atoms with E-state index in [0.29, 0.717) is 0 Å². The number of hydrogen-bond donors (Lipinski definition) is 0. The van der Waals surface area contributed by atoms with Gasteiger partial charge in [-0.2, -0.15) is 0 Å². The van der Waals surface area contributed by atoms with E-state index < -0.39 is 0 Å². The Morgan fingerprint density at radius 1 is 0.304 bits per heavy atom. The minimum Gasteiger partial charge on any atom is -0.458 e. The predicted octanol–water partition coefficient (Wildman–Crippen LogP) is 5.43. The minimum atomic E-state index is -0.0637. The zero-order chi connectivity index (χ0) is 36.2. The van der Waals surface area contributed by atoms with E-state index in [1.54, 1.807) is 0 Å². The Labute approximate surface area is 324 Å². The van der Waals surface area contributed by atoms with Crippen molar-refractivity contribution in [1.29, 1.82) is 0 Å². The summed E-state index contributed by atoms with van der Waals surface area (Å²) < 4.78 is 20.8. The van der Waals surface area contributed by atoms with Crippen LogP contribution in [0.4, 0.5) is 34.1 Å². The summed E-state index contributed by atoms with van der Waals surface area (Å²) in [6, 6.07) is 58.9. The van der Waals surface area contributed by atoms with Crippen LogP contribution >= 0.6 is 0 Å². The molecule has 14 rings (SSSR count). The number of nitrogens with zero attached hydrogens (tertiary/aromatic N) is 2. The van der Waals surface area contributed by atoms with E-state index in [-0.39, 0.29) is 20.1 Å². The normalized spacial score (nSPS) is 14.7. The first-order valence-corrected chi connectivity index (χ1v) is 19.4. The van der Waals surface area contributed by atoms with Gasteiger partial charge >= 0.3 is 0 Å². The summed E-state index contributed by atoms with van der Waals surface area (Å²) in [7, 11) is 0. The van der Waals surface area contributed by atoms with Crippen LogP contribution in [0.15, 0.2) is 164 Å². The van der Waals surface area contributed by atoms with Gasteiger partial charge in [0.2, 0.25) is 0 Å². The highest BCUT2D eigenvalue weighted by Gasteiger charge is 2.51. The lowest BCUT2D eigenvalue weighted by Gasteiger charge is -2.47.